The SMILES string of the molecule is O=C(N/N=C/c1cccn1Cc1cccc(F)c1)c1ccc(O)cc1. The van der Waals surface area contributed by atoms with Crippen LogP contribution in [0.1, 0.15) is 21.6 Å². The topological polar surface area (TPSA) is 66.6 Å². The Morgan fingerprint density at radius 2 is 1.96 bits per heavy atom. The average molecular weight is 337 g/mol. The molecule has 0 unspecified atom stereocenters. The fourth-order valence-electron chi connectivity index (χ4n) is 2.35. The summed E-state index contributed by atoms with van der Waals surface area (Å²) in [6, 6.07) is 16.0. The molecule has 0 saturated heterocycles. The molecule has 0 atom stereocenters. The average Bonchev–Trinajstić information content (AvgIpc) is 3.02. The quantitative estimate of drug-likeness (QED) is 0.555. The van der Waals surface area contributed by atoms with Gasteiger partial charge in [0.1, 0.15) is 11.6 Å². The molecule has 0 aliphatic rings. The van der Waals surface area contributed by atoms with Gasteiger partial charge in [-0.3, -0.25) is 4.79 Å². The van der Waals surface area contributed by atoms with Crippen LogP contribution in [0, 0.1) is 5.82 Å². The normalized spacial score (nSPS) is 10.9. The van der Waals surface area contributed by atoms with E-state index in [9.17, 15) is 14.3 Å². The summed E-state index contributed by atoms with van der Waals surface area (Å²) in [5, 5.41) is 13.2. The Labute approximate surface area is 144 Å². The Kier molecular flexibility index (Phi) is 4.89. The maximum Gasteiger partial charge on any atom is 0.271 e. The number of phenols is 1. The van der Waals surface area contributed by atoms with E-state index in [1.54, 1.807) is 6.07 Å². The Morgan fingerprint density at radius 3 is 2.72 bits per heavy atom. The Hall–Kier alpha value is -3.41. The Bertz CT molecular complexity index is 901. The van der Waals surface area contributed by atoms with Crippen molar-refractivity contribution in [2.45, 2.75) is 6.54 Å². The summed E-state index contributed by atoms with van der Waals surface area (Å²) >= 11 is 0. The van der Waals surface area contributed by atoms with Gasteiger partial charge in [0.25, 0.3) is 5.91 Å². The third-order valence-corrected chi connectivity index (χ3v) is 3.60. The lowest BCUT2D eigenvalue weighted by molar-refractivity contribution is 0.0955. The molecule has 2 aromatic carbocycles. The summed E-state index contributed by atoms with van der Waals surface area (Å²) in [4.78, 5) is 11.9. The van der Waals surface area contributed by atoms with Gasteiger partial charge >= 0.3 is 0 Å². The maximum atomic E-state index is 13.3. The third-order valence-electron chi connectivity index (χ3n) is 3.60. The summed E-state index contributed by atoms with van der Waals surface area (Å²) in [6.45, 7) is 0.498. The first-order chi connectivity index (χ1) is 12.1. The highest BCUT2D eigenvalue weighted by Gasteiger charge is 2.04. The molecule has 6 heteroatoms. The van der Waals surface area contributed by atoms with E-state index in [4.69, 9.17) is 0 Å². The summed E-state index contributed by atoms with van der Waals surface area (Å²) in [6.07, 6.45) is 3.38. The highest BCUT2D eigenvalue weighted by molar-refractivity contribution is 5.94. The fraction of sp³-hybridized carbons (Fsp3) is 0.0526. The number of nitrogens with zero attached hydrogens (tertiary/aromatic N) is 2. The van der Waals surface area contributed by atoms with E-state index >= 15 is 0 Å². The van der Waals surface area contributed by atoms with Crippen LogP contribution in [0.3, 0.4) is 0 Å². The molecule has 25 heavy (non-hydrogen) atoms. The van der Waals surface area contributed by atoms with Crippen LogP contribution >= 0.6 is 0 Å². The number of phenolic OH excluding ortho intramolecular Hbond substituents is 1. The molecule has 0 saturated carbocycles. The predicted molar refractivity (Wildman–Crippen MR) is 93.1 cm³/mol. The molecular weight excluding hydrogens is 321 g/mol. The van der Waals surface area contributed by atoms with Crippen molar-refractivity contribution >= 4 is 12.1 Å². The molecule has 1 aromatic heterocycles. The lowest BCUT2D eigenvalue weighted by Gasteiger charge is -2.06. The summed E-state index contributed by atoms with van der Waals surface area (Å²) in [7, 11) is 0. The first-order valence-electron chi connectivity index (χ1n) is 7.64. The molecule has 0 spiro atoms. The molecule has 126 valence electrons. The van der Waals surface area contributed by atoms with E-state index < -0.39 is 0 Å². The van der Waals surface area contributed by atoms with E-state index in [0.717, 1.165) is 11.3 Å². The number of hydrazone groups is 1. The number of amides is 1. The molecule has 2 N–H and O–H groups in total. The number of aromatic hydroxyl groups is 1. The number of nitrogens with one attached hydrogen (secondary N) is 1. The number of hydrogen-bond acceptors (Lipinski definition) is 3. The fourth-order valence-corrected chi connectivity index (χ4v) is 2.35. The van der Waals surface area contributed by atoms with Crippen LogP contribution in [0.2, 0.25) is 0 Å². The minimum Gasteiger partial charge on any atom is -0.508 e. The molecule has 0 aliphatic carbocycles. The number of hydrogen-bond donors (Lipinski definition) is 2. The Morgan fingerprint density at radius 1 is 1.16 bits per heavy atom. The van der Waals surface area contributed by atoms with Crippen molar-refractivity contribution in [3.05, 3.63) is 89.5 Å². The predicted octanol–water partition coefficient (Wildman–Crippen LogP) is 3.15. The van der Waals surface area contributed by atoms with E-state index in [1.807, 2.05) is 29.0 Å². The molecule has 3 rings (SSSR count). The van der Waals surface area contributed by atoms with Gasteiger partial charge in [0, 0.05) is 18.3 Å². The molecule has 5 nitrogen and oxygen atoms in total. The number of carbonyl (C=O) groups excluding carboxylic acids is 1. The molecule has 1 heterocycles. The second-order valence-electron chi connectivity index (χ2n) is 5.44. The largest absolute Gasteiger partial charge is 0.508 e. The van der Waals surface area contributed by atoms with Gasteiger partial charge in [0.15, 0.2) is 0 Å². The van der Waals surface area contributed by atoms with Crippen molar-refractivity contribution in [2.75, 3.05) is 0 Å². The van der Waals surface area contributed by atoms with Crippen LogP contribution < -0.4 is 5.43 Å². The van der Waals surface area contributed by atoms with Gasteiger partial charge in [-0.2, -0.15) is 5.10 Å². The second-order valence-corrected chi connectivity index (χ2v) is 5.44. The number of rotatable bonds is 5. The van der Waals surface area contributed by atoms with Crippen LogP contribution in [-0.2, 0) is 6.54 Å². The van der Waals surface area contributed by atoms with Crippen LogP contribution in [0.15, 0.2) is 72.0 Å². The summed E-state index contributed by atoms with van der Waals surface area (Å²) < 4.78 is 15.2. The van der Waals surface area contributed by atoms with Gasteiger partial charge < -0.3 is 9.67 Å². The van der Waals surface area contributed by atoms with Gasteiger partial charge in [-0.15, -0.1) is 0 Å². The summed E-state index contributed by atoms with van der Waals surface area (Å²) in [5.41, 5.74) is 4.43. The van der Waals surface area contributed by atoms with Gasteiger partial charge in [-0.1, -0.05) is 12.1 Å². The molecule has 0 radical (unpaired) electrons. The van der Waals surface area contributed by atoms with Crippen LogP contribution in [-0.4, -0.2) is 21.8 Å². The molecule has 0 fully saturated rings. The van der Waals surface area contributed by atoms with Gasteiger partial charge in [-0.25, -0.2) is 9.82 Å². The zero-order chi connectivity index (χ0) is 17.6. The molecule has 0 aliphatic heterocycles. The van der Waals surface area contributed by atoms with E-state index in [-0.39, 0.29) is 17.5 Å². The first kappa shape index (κ1) is 16.4. The number of carbonyl (C=O) groups is 1. The van der Waals surface area contributed by atoms with Gasteiger partial charge in [0.05, 0.1) is 11.9 Å². The van der Waals surface area contributed by atoms with Crippen molar-refractivity contribution < 1.29 is 14.3 Å². The minimum absolute atomic E-state index is 0.0928. The van der Waals surface area contributed by atoms with E-state index in [1.165, 1.54) is 42.6 Å². The van der Waals surface area contributed by atoms with Gasteiger partial charge in [-0.05, 0) is 54.1 Å². The second kappa shape index (κ2) is 7.44. The zero-order valence-electron chi connectivity index (χ0n) is 13.3. The third kappa shape index (κ3) is 4.32. The maximum absolute atomic E-state index is 13.3. The van der Waals surface area contributed by atoms with Crippen molar-refractivity contribution in [3.63, 3.8) is 0 Å². The Balaban J connectivity index is 1.65. The molecule has 0 bridgehead atoms. The lowest BCUT2D eigenvalue weighted by atomic mass is 10.2. The highest BCUT2D eigenvalue weighted by atomic mass is 19.1. The van der Waals surface area contributed by atoms with Crippen molar-refractivity contribution in [1.29, 1.82) is 0 Å². The molecule has 1 amide bonds. The van der Waals surface area contributed by atoms with Crippen LogP contribution in [0.4, 0.5) is 4.39 Å². The lowest BCUT2D eigenvalue weighted by Crippen LogP contribution is -2.17. The number of halogens is 1. The van der Waals surface area contributed by atoms with Crippen LogP contribution in [0.5, 0.6) is 5.75 Å². The zero-order valence-corrected chi connectivity index (χ0v) is 13.3. The number of benzene rings is 2. The number of aromatic nitrogens is 1. The molecule has 3 aromatic rings. The highest BCUT2D eigenvalue weighted by Crippen LogP contribution is 2.10. The van der Waals surface area contributed by atoms with Gasteiger partial charge in [0.2, 0.25) is 0 Å². The smallest absolute Gasteiger partial charge is 0.271 e. The minimum atomic E-state index is -0.375. The van der Waals surface area contributed by atoms with E-state index in [2.05, 4.69) is 10.5 Å². The van der Waals surface area contributed by atoms with Crippen LogP contribution in [0.25, 0.3) is 0 Å². The van der Waals surface area contributed by atoms with Crippen molar-refractivity contribution in [2.24, 2.45) is 5.10 Å². The molecular formula is C19H16FN3O2. The van der Waals surface area contributed by atoms with E-state index in [0.29, 0.717) is 12.1 Å². The monoisotopic (exact) mass is 337 g/mol. The summed E-state index contributed by atoms with van der Waals surface area (Å²) in [5.74, 6) is -0.559. The standard InChI is InChI=1S/C19H16FN3O2/c20-16-4-1-3-14(11-16)13-23-10-2-5-17(23)12-21-22-19(25)15-6-8-18(24)9-7-15/h1-12,24H,13H2,(H,22,25)/b21-12+. The first-order valence-corrected chi connectivity index (χ1v) is 7.64. The van der Waals surface area contributed by atoms with Crippen molar-refractivity contribution in [1.82, 2.24) is 9.99 Å². The van der Waals surface area contributed by atoms with Crippen molar-refractivity contribution in [3.8, 4) is 5.75 Å².